The third-order valence-corrected chi connectivity index (χ3v) is 3.59. The maximum Gasteiger partial charge on any atom is 0.142 e. The summed E-state index contributed by atoms with van der Waals surface area (Å²) in [5.41, 5.74) is 7.56. The van der Waals surface area contributed by atoms with Crippen molar-refractivity contribution >= 4 is 5.69 Å². The average molecular weight is 278 g/mol. The predicted octanol–water partition coefficient (Wildman–Crippen LogP) is 2.31. The molecule has 1 aliphatic heterocycles. The molecule has 0 radical (unpaired) electrons. The van der Waals surface area contributed by atoms with Gasteiger partial charge in [0.2, 0.25) is 0 Å². The number of aliphatic hydroxyl groups excluding tert-OH is 1. The van der Waals surface area contributed by atoms with Crippen molar-refractivity contribution in [3.63, 3.8) is 0 Å². The number of benzene rings is 1. The van der Waals surface area contributed by atoms with E-state index in [0.29, 0.717) is 18.9 Å². The van der Waals surface area contributed by atoms with E-state index in [1.807, 2.05) is 12.1 Å². The van der Waals surface area contributed by atoms with E-state index in [2.05, 4.69) is 24.8 Å². The van der Waals surface area contributed by atoms with Crippen molar-refractivity contribution in [1.82, 2.24) is 0 Å². The maximum atomic E-state index is 10.2. The van der Waals surface area contributed by atoms with Gasteiger partial charge in [-0.3, -0.25) is 0 Å². The normalized spacial score (nSPS) is 15.9. The van der Waals surface area contributed by atoms with Crippen LogP contribution in [0.3, 0.4) is 0 Å². The van der Waals surface area contributed by atoms with E-state index < -0.39 is 6.10 Å². The van der Waals surface area contributed by atoms with Crippen LogP contribution in [0.15, 0.2) is 18.2 Å². The first-order valence-electron chi connectivity index (χ1n) is 7.51. The first kappa shape index (κ1) is 15.1. The van der Waals surface area contributed by atoms with Crippen molar-refractivity contribution in [2.75, 3.05) is 31.1 Å². The van der Waals surface area contributed by atoms with Crippen LogP contribution in [-0.2, 0) is 0 Å². The van der Waals surface area contributed by atoms with Gasteiger partial charge in [0.1, 0.15) is 12.4 Å². The van der Waals surface area contributed by atoms with Gasteiger partial charge in [0.15, 0.2) is 0 Å². The Hall–Kier alpha value is -1.26. The molecule has 1 atom stereocenters. The zero-order valence-corrected chi connectivity index (χ0v) is 12.5. The smallest absolute Gasteiger partial charge is 0.142 e. The Balaban J connectivity index is 2.18. The second-order valence-electron chi connectivity index (χ2n) is 5.86. The number of hydrogen-bond acceptors (Lipinski definition) is 4. The Morgan fingerprint density at radius 3 is 2.90 bits per heavy atom. The van der Waals surface area contributed by atoms with Crippen LogP contribution in [0.5, 0.6) is 5.75 Å². The Labute approximate surface area is 121 Å². The van der Waals surface area contributed by atoms with Gasteiger partial charge in [-0.1, -0.05) is 19.9 Å². The Bertz CT molecular complexity index is 434. The number of fused-ring (bicyclic) bond motifs is 1. The van der Waals surface area contributed by atoms with Gasteiger partial charge < -0.3 is 20.5 Å². The SMILES string of the molecule is CC(C)CN1CCOc2ccc(C(O)CCCN)cc21. The molecule has 3 N–H and O–H groups in total. The molecule has 112 valence electrons. The van der Waals surface area contributed by atoms with Crippen LogP contribution in [0.25, 0.3) is 0 Å². The van der Waals surface area contributed by atoms with Crippen molar-refractivity contribution in [3.05, 3.63) is 23.8 Å². The molecule has 0 aliphatic carbocycles. The van der Waals surface area contributed by atoms with Gasteiger partial charge in [-0.15, -0.1) is 0 Å². The fourth-order valence-electron chi connectivity index (χ4n) is 2.61. The minimum absolute atomic E-state index is 0.438. The second-order valence-corrected chi connectivity index (χ2v) is 5.86. The van der Waals surface area contributed by atoms with E-state index in [1.54, 1.807) is 0 Å². The summed E-state index contributed by atoms with van der Waals surface area (Å²) in [7, 11) is 0. The largest absolute Gasteiger partial charge is 0.490 e. The molecule has 0 fully saturated rings. The van der Waals surface area contributed by atoms with Gasteiger partial charge in [-0.25, -0.2) is 0 Å². The van der Waals surface area contributed by atoms with Gasteiger partial charge >= 0.3 is 0 Å². The predicted molar refractivity (Wildman–Crippen MR) is 82.2 cm³/mol. The van der Waals surface area contributed by atoms with Gasteiger partial charge in [-0.2, -0.15) is 0 Å². The van der Waals surface area contributed by atoms with Gasteiger partial charge in [0.05, 0.1) is 18.3 Å². The van der Waals surface area contributed by atoms with Crippen molar-refractivity contribution in [2.45, 2.75) is 32.8 Å². The zero-order valence-electron chi connectivity index (χ0n) is 12.5. The average Bonchev–Trinajstić information content (AvgIpc) is 2.44. The molecule has 4 nitrogen and oxygen atoms in total. The van der Waals surface area contributed by atoms with Gasteiger partial charge in [-0.05, 0) is 43.0 Å². The summed E-state index contributed by atoms with van der Waals surface area (Å²) < 4.78 is 5.71. The van der Waals surface area contributed by atoms with E-state index in [4.69, 9.17) is 10.5 Å². The topological polar surface area (TPSA) is 58.7 Å². The number of nitrogens with zero attached hydrogens (tertiary/aromatic N) is 1. The summed E-state index contributed by atoms with van der Waals surface area (Å²) in [6, 6.07) is 6.00. The molecule has 0 spiro atoms. The molecule has 0 aromatic heterocycles. The molecule has 1 aromatic carbocycles. The summed E-state index contributed by atoms with van der Waals surface area (Å²) in [6.07, 6.45) is 1.11. The third kappa shape index (κ3) is 3.64. The van der Waals surface area contributed by atoms with Crippen LogP contribution < -0.4 is 15.4 Å². The molecular weight excluding hydrogens is 252 g/mol. The molecule has 4 heteroatoms. The van der Waals surface area contributed by atoms with Crippen molar-refractivity contribution in [2.24, 2.45) is 11.7 Å². The minimum Gasteiger partial charge on any atom is -0.490 e. The molecular formula is C16H26N2O2. The Morgan fingerprint density at radius 1 is 1.40 bits per heavy atom. The van der Waals surface area contributed by atoms with Crippen molar-refractivity contribution in [1.29, 1.82) is 0 Å². The summed E-state index contributed by atoms with van der Waals surface area (Å²) in [6.45, 7) is 7.70. The van der Waals surface area contributed by atoms with Gasteiger partial charge in [0, 0.05) is 6.54 Å². The van der Waals surface area contributed by atoms with Crippen LogP contribution >= 0.6 is 0 Å². The van der Waals surface area contributed by atoms with Crippen LogP contribution in [0.4, 0.5) is 5.69 Å². The summed E-state index contributed by atoms with van der Waals surface area (Å²) in [5.74, 6) is 1.53. The van der Waals surface area contributed by atoms with Crippen LogP contribution in [0.1, 0.15) is 38.4 Å². The molecule has 1 aromatic rings. The standard InChI is InChI=1S/C16H26N2O2/c1-12(2)11-18-8-9-20-16-6-5-13(10-14(16)18)15(19)4-3-7-17/h5-6,10,12,15,19H,3-4,7-9,11,17H2,1-2H3. The van der Waals surface area contributed by atoms with E-state index in [9.17, 15) is 5.11 Å². The lowest BCUT2D eigenvalue weighted by Crippen LogP contribution is -2.35. The fraction of sp³-hybridized carbons (Fsp3) is 0.625. The van der Waals surface area contributed by atoms with E-state index in [0.717, 1.165) is 43.1 Å². The number of aliphatic hydroxyl groups is 1. The first-order valence-corrected chi connectivity index (χ1v) is 7.51. The lowest BCUT2D eigenvalue weighted by Gasteiger charge is -2.33. The van der Waals surface area contributed by atoms with Crippen molar-refractivity contribution in [3.8, 4) is 5.75 Å². The van der Waals surface area contributed by atoms with Crippen LogP contribution in [-0.4, -0.2) is 31.3 Å². The van der Waals surface area contributed by atoms with Crippen LogP contribution in [0.2, 0.25) is 0 Å². The quantitative estimate of drug-likeness (QED) is 0.838. The summed E-state index contributed by atoms with van der Waals surface area (Å²) >= 11 is 0. The zero-order chi connectivity index (χ0) is 14.5. The molecule has 0 saturated carbocycles. The molecule has 2 rings (SSSR count). The maximum absolute atomic E-state index is 10.2. The lowest BCUT2D eigenvalue weighted by atomic mass is 10.0. The van der Waals surface area contributed by atoms with E-state index >= 15 is 0 Å². The van der Waals surface area contributed by atoms with Crippen molar-refractivity contribution < 1.29 is 9.84 Å². The minimum atomic E-state index is -0.438. The highest BCUT2D eigenvalue weighted by molar-refractivity contribution is 5.61. The molecule has 1 unspecified atom stereocenters. The molecule has 20 heavy (non-hydrogen) atoms. The number of ether oxygens (including phenoxy) is 1. The number of rotatable bonds is 6. The second kappa shape index (κ2) is 6.95. The summed E-state index contributed by atoms with van der Waals surface area (Å²) in [4.78, 5) is 2.35. The molecule has 0 saturated heterocycles. The molecule has 1 heterocycles. The fourth-order valence-corrected chi connectivity index (χ4v) is 2.61. The van der Waals surface area contributed by atoms with E-state index in [-0.39, 0.29) is 0 Å². The number of anilines is 1. The molecule has 0 amide bonds. The Morgan fingerprint density at radius 2 is 2.20 bits per heavy atom. The highest BCUT2D eigenvalue weighted by atomic mass is 16.5. The number of hydrogen-bond donors (Lipinski definition) is 2. The summed E-state index contributed by atoms with van der Waals surface area (Å²) in [5, 5.41) is 10.2. The lowest BCUT2D eigenvalue weighted by molar-refractivity contribution is 0.165. The molecule has 0 bridgehead atoms. The monoisotopic (exact) mass is 278 g/mol. The number of nitrogens with two attached hydrogens (primary N) is 1. The first-order chi connectivity index (χ1) is 9.61. The third-order valence-electron chi connectivity index (χ3n) is 3.59. The van der Waals surface area contributed by atoms with Crippen LogP contribution in [0, 0.1) is 5.92 Å². The molecule has 1 aliphatic rings. The highest BCUT2D eigenvalue weighted by Crippen LogP contribution is 2.35. The van der Waals surface area contributed by atoms with Gasteiger partial charge in [0.25, 0.3) is 0 Å². The Kier molecular flexibility index (Phi) is 5.26. The van der Waals surface area contributed by atoms with E-state index in [1.165, 1.54) is 0 Å². The highest BCUT2D eigenvalue weighted by Gasteiger charge is 2.20.